The van der Waals surface area contributed by atoms with Crippen LogP contribution in [0, 0.1) is 5.82 Å². The third kappa shape index (κ3) is 6.06. The first kappa shape index (κ1) is 20.9. The van der Waals surface area contributed by atoms with Crippen LogP contribution < -0.4 is 10.6 Å². The number of hydrogen-bond acceptors (Lipinski definition) is 2. The second-order valence-electron chi connectivity index (χ2n) is 5.81. The third-order valence-corrected chi connectivity index (χ3v) is 4.03. The fraction of sp³-hybridized carbons (Fsp3) is 0.200. The SMILES string of the molecule is CN=C(NCCc1ccccc1F)NCc1ccc(-n2cccn2)cc1.I. The van der Waals surface area contributed by atoms with E-state index in [1.807, 2.05) is 35.1 Å². The van der Waals surface area contributed by atoms with Gasteiger partial charge < -0.3 is 10.6 Å². The predicted octanol–water partition coefficient (Wildman–Crippen LogP) is 3.54. The van der Waals surface area contributed by atoms with Crippen molar-refractivity contribution < 1.29 is 4.39 Å². The topological polar surface area (TPSA) is 54.2 Å². The molecule has 0 saturated carbocycles. The van der Waals surface area contributed by atoms with E-state index in [9.17, 15) is 4.39 Å². The lowest BCUT2D eigenvalue weighted by molar-refractivity contribution is 0.606. The lowest BCUT2D eigenvalue weighted by atomic mass is 10.1. The molecule has 2 aromatic carbocycles. The van der Waals surface area contributed by atoms with Crippen molar-refractivity contribution >= 4 is 29.9 Å². The first-order valence-corrected chi connectivity index (χ1v) is 8.53. The van der Waals surface area contributed by atoms with Crippen molar-refractivity contribution in [3.63, 3.8) is 0 Å². The number of hydrogen-bond donors (Lipinski definition) is 2. The van der Waals surface area contributed by atoms with Gasteiger partial charge in [-0.3, -0.25) is 4.99 Å². The predicted molar refractivity (Wildman–Crippen MR) is 117 cm³/mol. The minimum atomic E-state index is -0.172. The Balaban J connectivity index is 0.00000261. The van der Waals surface area contributed by atoms with E-state index >= 15 is 0 Å². The Bertz CT molecular complexity index is 847. The fourth-order valence-electron chi connectivity index (χ4n) is 2.61. The largest absolute Gasteiger partial charge is 0.356 e. The molecule has 0 unspecified atom stereocenters. The normalized spacial score (nSPS) is 11.0. The van der Waals surface area contributed by atoms with Gasteiger partial charge in [0.2, 0.25) is 0 Å². The summed E-state index contributed by atoms with van der Waals surface area (Å²) >= 11 is 0. The summed E-state index contributed by atoms with van der Waals surface area (Å²) in [5.74, 6) is 0.520. The zero-order chi connectivity index (χ0) is 18.2. The molecule has 0 aliphatic rings. The van der Waals surface area contributed by atoms with Gasteiger partial charge in [0.05, 0.1) is 5.69 Å². The van der Waals surface area contributed by atoms with Gasteiger partial charge in [0.15, 0.2) is 5.96 Å². The summed E-state index contributed by atoms with van der Waals surface area (Å²) in [5.41, 5.74) is 2.86. The van der Waals surface area contributed by atoms with Gasteiger partial charge in [-0.15, -0.1) is 24.0 Å². The van der Waals surface area contributed by atoms with Crippen LogP contribution in [0.15, 0.2) is 72.0 Å². The van der Waals surface area contributed by atoms with Crippen LogP contribution in [0.25, 0.3) is 5.69 Å². The molecule has 0 spiro atoms. The Labute approximate surface area is 175 Å². The molecule has 0 atom stereocenters. The van der Waals surface area contributed by atoms with Crippen LogP contribution in [0.5, 0.6) is 0 Å². The molecule has 3 aromatic rings. The zero-order valence-electron chi connectivity index (χ0n) is 15.1. The molecule has 27 heavy (non-hydrogen) atoms. The van der Waals surface area contributed by atoms with Gasteiger partial charge in [-0.05, 0) is 41.8 Å². The maximum Gasteiger partial charge on any atom is 0.191 e. The Kier molecular flexibility index (Phi) is 8.25. The molecular weight excluding hydrogens is 456 g/mol. The number of benzene rings is 2. The van der Waals surface area contributed by atoms with Crippen LogP contribution in [0.4, 0.5) is 4.39 Å². The van der Waals surface area contributed by atoms with Crippen LogP contribution in [-0.4, -0.2) is 29.3 Å². The number of guanidine groups is 1. The monoisotopic (exact) mass is 479 g/mol. The summed E-state index contributed by atoms with van der Waals surface area (Å²) in [4.78, 5) is 4.20. The summed E-state index contributed by atoms with van der Waals surface area (Å²) in [6.07, 6.45) is 4.27. The lowest BCUT2D eigenvalue weighted by Gasteiger charge is -2.12. The van der Waals surface area contributed by atoms with Gasteiger partial charge in [-0.25, -0.2) is 9.07 Å². The highest BCUT2D eigenvalue weighted by atomic mass is 127. The van der Waals surface area contributed by atoms with E-state index < -0.39 is 0 Å². The molecule has 0 bridgehead atoms. The molecule has 2 N–H and O–H groups in total. The van der Waals surface area contributed by atoms with Crippen LogP contribution in [0.1, 0.15) is 11.1 Å². The molecule has 0 fully saturated rings. The molecule has 0 amide bonds. The fourth-order valence-corrected chi connectivity index (χ4v) is 2.61. The Morgan fingerprint density at radius 3 is 2.52 bits per heavy atom. The van der Waals surface area contributed by atoms with E-state index in [0.29, 0.717) is 31.0 Å². The zero-order valence-corrected chi connectivity index (χ0v) is 17.4. The average molecular weight is 479 g/mol. The second kappa shape index (κ2) is 10.7. The van der Waals surface area contributed by atoms with Gasteiger partial charge >= 0.3 is 0 Å². The molecule has 7 heteroatoms. The molecule has 0 saturated heterocycles. The minimum absolute atomic E-state index is 0. The molecule has 5 nitrogen and oxygen atoms in total. The van der Waals surface area contributed by atoms with Crippen LogP contribution in [0.2, 0.25) is 0 Å². The average Bonchev–Trinajstić information content (AvgIpc) is 3.21. The quantitative estimate of drug-likeness (QED) is 0.323. The standard InChI is InChI=1S/C20H22FN5.HI/c1-22-20(23-13-11-17-5-2-3-6-19(17)21)24-15-16-7-9-18(10-8-16)26-14-4-12-25-26;/h2-10,12,14H,11,13,15H2,1H3,(H2,22,23,24);1H. The minimum Gasteiger partial charge on any atom is -0.356 e. The van der Waals surface area contributed by atoms with E-state index in [0.717, 1.165) is 11.3 Å². The molecule has 1 aromatic heterocycles. The van der Waals surface area contributed by atoms with E-state index in [1.165, 1.54) is 6.07 Å². The van der Waals surface area contributed by atoms with Crippen molar-refractivity contribution in [2.75, 3.05) is 13.6 Å². The molecule has 142 valence electrons. The number of aromatic nitrogens is 2. The van der Waals surface area contributed by atoms with E-state index in [-0.39, 0.29) is 29.8 Å². The number of rotatable bonds is 6. The van der Waals surface area contributed by atoms with Crippen molar-refractivity contribution in [2.45, 2.75) is 13.0 Å². The smallest absolute Gasteiger partial charge is 0.191 e. The molecule has 0 aliphatic carbocycles. The third-order valence-electron chi connectivity index (χ3n) is 4.03. The van der Waals surface area contributed by atoms with Crippen molar-refractivity contribution in [2.24, 2.45) is 4.99 Å². The van der Waals surface area contributed by atoms with E-state index in [1.54, 1.807) is 25.4 Å². The first-order chi connectivity index (χ1) is 12.8. The highest BCUT2D eigenvalue weighted by Crippen LogP contribution is 2.08. The highest BCUT2D eigenvalue weighted by Gasteiger charge is 2.03. The Hall–Kier alpha value is -2.42. The maximum absolute atomic E-state index is 13.6. The van der Waals surface area contributed by atoms with Gasteiger partial charge in [0.1, 0.15) is 5.82 Å². The van der Waals surface area contributed by atoms with E-state index in [2.05, 4.69) is 32.9 Å². The number of nitrogens with zero attached hydrogens (tertiary/aromatic N) is 3. The molecule has 0 aliphatic heterocycles. The Morgan fingerprint density at radius 1 is 1.07 bits per heavy atom. The summed E-state index contributed by atoms with van der Waals surface area (Å²) in [7, 11) is 1.72. The summed E-state index contributed by atoms with van der Waals surface area (Å²) < 4.78 is 15.4. The molecular formula is C20H23FIN5. The van der Waals surface area contributed by atoms with Gasteiger partial charge in [0, 0.05) is 32.5 Å². The summed E-state index contributed by atoms with van der Waals surface area (Å²) in [6, 6.07) is 16.9. The van der Waals surface area contributed by atoms with Gasteiger partial charge in [0.25, 0.3) is 0 Å². The Morgan fingerprint density at radius 2 is 1.85 bits per heavy atom. The number of halogens is 2. The van der Waals surface area contributed by atoms with Crippen LogP contribution >= 0.6 is 24.0 Å². The first-order valence-electron chi connectivity index (χ1n) is 8.53. The number of nitrogens with one attached hydrogen (secondary N) is 2. The second-order valence-corrected chi connectivity index (χ2v) is 5.81. The van der Waals surface area contributed by atoms with Crippen molar-refractivity contribution in [1.82, 2.24) is 20.4 Å². The van der Waals surface area contributed by atoms with Crippen molar-refractivity contribution in [3.8, 4) is 5.69 Å². The molecule has 3 rings (SSSR count). The maximum atomic E-state index is 13.6. The van der Waals surface area contributed by atoms with Crippen molar-refractivity contribution in [1.29, 1.82) is 0 Å². The van der Waals surface area contributed by atoms with Gasteiger partial charge in [-0.2, -0.15) is 5.10 Å². The lowest BCUT2D eigenvalue weighted by Crippen LogP contribution is -2.37. The summed E-state index contributed by atoms with van der Waals surface area (Å²) in [6.45, 7) is 1.26. The van der Waals surface area contributed by atoms with Crippen molar-refractivity contribution in [3.05, 3.63) is 83.9 Å². The highest BCUT2D eigenvalue weighted by molar-refractivity contribution is 14.0. The molecule has 1 heterocycles. The molecule has 0 radical (unpaired) electrons. The van der Waals surface area contributed by atoms with Crippen LogP contribution in [-0.2, 0) is 13.0 Å². The van der Waals surface area contributed by atoms with E-state index in [4.69, 9.17) is 0 Å². The van der Waals surface area contributed by atoms with Gasteiger partial charge in [-0.1, -0.05) is 30.3 Å². The number of aliphatic imine (C=N–C) groups is 1. The summed E-state index contributed by atoms with van der Waals surface area (Å²) in [5, 5.41) is 10.7. The van der Waals surface area contributed by atoms with Crippen LogP contribution in [0.3, 0.4) is 0 Å².